The Labute approximate surface area is 108 Å². The van der Waals surface area contributed by atoms with Gasteiger partial charge in [-0.15, -0.1) is 10.2 Å². The van der Waals surface area contributed by atoms with Crippen LogP contribution < -0.4 is 10.5 Å². The fourth-order valence-corrected chi connectivity index (χ4v) is 2.80. The number of nitrogens with two attached hydrogens (primary N) is 1. The molecule has 0 aliphatic heterocycles. The molecule has 0 saturated carbocycles. The first kappa shape index (κ1) is 12.2. The molecule has 0 aliphatic carbocycles. The SMILES string of the molecule is Cc1ccccc1OCCSc1nnc(N)s1. The topological polar surface area (TPSA) is 61.0 Å². The minimum absolute atomic E-state index is 0.507. The zero-order valence-corrected chi connectivity index (χ0v) is 11.1. The van der Waals surface area contributed by atoms with Crippen molar-refractivity contribution in [2.45, 2.75) is 11.3 Å². The van der Waals surface area contributed by atoms with Crippen molar-refractivity contribution in [2.24, 2.45) is 0 Å². The molecule has 0 fully saturated rings. The molecule has 0 amide bonds. The number of hydrogen-bond donors (Lipinski definition) is 1. The number of thioether (sulfide) groups is 1. The molecular weight excluding hydrogens is 254 g/mol. The number of rotatable bonds is 5. The van der Waals surface area contributed by atoms with Gasteiger partial charge in [-0.3, -0.25) is 0 Å². The van der Waals surface area contributed by atoms with E-state index in [0.717, 1.165) is 21.4 Å². The number of anilines is 1. The first-order chi connectivity index (χ1) is 8.25. The maximum absolute atomic E-state index is 5.67. The molecular formula is C11H13N3OS2. The van der Waals surface area contributed by atoms with Crippen molar-refractivity contribution in [3.05, 3.63) is 29.8 Å². The Morgan fingerprint density at radius 1 is 1.35 bits per heavy atom. The third-order valence-corrected chi connectivity index (χ3v) is 3.93. The molecule has 6 heteroatoms. The third kappa shape index (κ3) is 3.61. The van der Waals surface area contributed by atoms with E-state index in [1.54, 1.807) is 11.8 Å². The summed E-state index contributed by atoms with van der Waals surface area (Å²) in [7, 11) is 0. The molecule has 0 aliphatic rings. The summed E-state index contributed by atoms with van der Waals surface area (Å²) >= 11 is 3.01. The zero-order valence-electron chi connectivity index (χ0n) is 9.42. The lowest BCUT2D eigenvalue weighted by Crippen LogP contribution is -2.01. The van der Waals surface area contributed by atoms with E-state index in [4.69, 9.17) is 10.5 Å². The van der Waals surface area contributed by atoms with Crippen molar-refractivity contribution in [3.63, 3.8) is 0 Å². The molecule has 0 unspecified atom stereocenters. The lowest BCUT2D eigenvalue weighted by atomic mass is 10.2. The van der Waals surface area contributed by atoms with Crippen molar-refractivity contribution in [3.8, 4) is 5.75 Å². The smallest absolute Gasteiger partial charge is 0.203 e. The molecule has 0 saturated heterocycles. The van der Waals surface area contributed by atoms with Gasteiger partial charge in [-0.2, -0.15) is 0 Å². The van der Waals surface area contributed by atoms with Crippen LogP contribution in [0, 0.1) is 6.92 Å². The van der Waals surface area contributed by atoms with Crippen molar-refractivity contribution in [1.29, 1.82) is 0 Å². The lowest BCUT2D eigenvalue weighted by molar-refractivity contribution is 0.341. The van der Waals surface area contributed by atoms with E-state index in [1.807, 2.05) is 31.2 Å². The van der Waals surface area contributed by atoms with E-state index in [-0.39, 0.29) is 0 Å². The van der Waals surface area contributed by atoms with Crippen LogP contribution in [-0.2, 0) is 0 Å². The highest BCUT2D eigenvalue weighted by molar-refractivity contribution is 8.01. The Kier molecular flexibility index (Phi) is 4.22. The van der Waals surface area contributed by atoms with Crippen molar-refractivity contribution < 1.29 is 4.74 Å². The first-order valence-electron chi connectivity index (χ1n) is 5.16. The minimum Gasteiger partial charge on any atom is -0.492 e. The molecule has 90 valence electrons. The first-order valence-corrected chi connectivity index (χ1v) is 6.96. The Balaban J connectivity index is 1.75. The van der Waals surface area contributed by atoms with Gasteiger partial charge in [0.15, 0.2) is 4.34 Å². The quantitative estimate of drug-likeness (QED) is 0.666. The molecule has 1 heterocycles. The highest BCUT2D eigenvalue weighted by Gasteiger charge is 2.02. The molecule has 0 radical (unpaired) electrons. The summed E-state index contributed by atoms with van der Waals surface area (Å²) in [5.41, 5.74) is 6.64. The van der Waals surface area contributed by atoms with Gasteiger partial charge < -0.3 is 10.5 Å². The predicted molar refractivity (Wildman–Crippen MR) is 71.7 cm³/mol. The van der Waals surface area contributed by atoms with Gasteiger partial charge in [-0.1, -0.05) is 41.3 Å². The van der Waals surface area contributed by atoms with Gasteiger partial charge in [0.2, 0.25) is 5.13 Å². The lowest BCUT2D eigenvalue weighted by Gasteiger charge is -2.07. The van der Waals surface area contributed by atoms with Gasteiger partial charge in [0.05, 0.1) is 6.61 Å². The number of nitrogen functional groups attached to an aromatic ring is 1. The number of nitrogens with zero attached hydrogens (tertiary/aromatic N) is 2. The molecule has 0 atom stereocenters. The third-order valence-electron chi connectivity index (χ3n) is 2.08. The normalized spacial score (nSPS) is 10.4. The molecule has 4 nitrogen and oxygen atoms in total. The monoisotopic (exact) mass is 267 g/mol. The van der Waals surface area contributed by atoms with Gasteiger partial charge in [0.25, 0.3) is 0 Å². The van der Waals surface area contributed by atoms with Crippen LogP contribution in [0.15, 0.2) is 28.6 Å². The molecule has 0 spiro atoms. The van der Waals surface area contributed by atoms with Crippen molar-refractivity contribution >= 4 is 28.2 Å². The number of hydrogen-bond acceptors (Lipinski definition) is 6. The molecule has 2 rings (SSSR count). The van der Waals surface area contributed by atoms with Crippen LogP contribution in [0.3, 0.4) is 0 Å². The van der Waals surface area contributed by atoms with Crippen LogP contribution in [0.5, 0.6) is 5.75 Å². The molecule has 2 aromatic rings. The summed E-state index contributed by atoms with van der Waals surface area (Å²) in [5.74, 6) is 1.77. The van der Waals surface area contributed by atoms with Crippen LogP contribution in [0.4, 0.5) is 5.13 Å². The van der Waals surface area contributed by atoms with Crippen LogP contribution in [0.1, 0.15) is 5.56 Å². The van der Waals surface area contributed by atoms with E-state index in [1.165, 1.54) is 11.3 Å². The Morgan fingerprint density at radius 3 is 2.88 bits per heavy atom. The number of aryl methyl sites for hydroxylation is 1. The second kappa shape index (κ2) is 5.88. The van der Waals surface area contributed by atoms with Crippen molar-refractivity contribution in [1.82, 2.24) is 10.2 Å². The summed E-state index contributed by atoms with van der Waals surface area (Å²) < 4.78 is 6.55. The van der Waals surface area contributed by atoms with Gasteiger partial charge in [-0.05, 0) is 18.6 Å². The second-order valence-corrected chi connectivity index (χ2v) is 5.72. The molecule has 1 aromatic carbocycles. The average Bonchev–Trinajstić information content (AvgIpc) is 2.73. The maximum atomic E-state index is 5.67. The van der Waals surface area contributed by atoms with Crippen LogP contribution >= 0.6 is 23.1 Å². The summed E-state index contributed by atoms with van der Waals surface area (Å²) in [5, 5.41) is 8.19. The zero-order chi connectivity index (χ0) is 12.1. The molecule has 2 N–H and O–H groups in total. The fourth-order valence-electron chi connectivity index (χ4n) is 1.28. The Morgan fingerprint density at radius 2 is 2.18 bits per heavy atom. The summed E-state index contributed by atoms with van der Waals surface area (Å²) in [6.45, 7) is 2.68. The number of para-hydroxylation sites is 1. The summed E-state index contributed by atoms with van der Waals surface area (Å²) in [6, 6.07) is 7.98. The molecule has 1 aromatic heterocycles. The largest absolute Gasteiger partial charge is 0.492 e. The summed E-state index contributed by atoms with van der Waals surface area (Å²) in [6.07, 6.45) is 0. The maximum Gasteiger partial charge on any atom is 0.203 e. The second-order valence-electron chi connectivity index (χ2n) is 3.37. The van der Waals surface area contributed by atoms with Gasteiger partial charge in [0, 0.05) is 5.75 Å². The average molecular weight is 267 g/mol. The van der Waals surface area contributed by atoms with E-state index < -0.39 is 0 Å². The van der Waals surface area contributed by atoms with Gasteiger partial charge in [-0.25, -0.2) is 0 Å². The Bertz CT molecular complexity index is 487. The predicted octanol–water partition coefficient (Wildman–Crippen LogP) is 2.60. The molecule has 0 bridgehead atoms. The van der Waals surface area contributed by atoms with E-state index >= 15 is 0 Å². The number of ether oxygens (including phenoxy) is 1. The number of benzene rings is 1. The van der Waals surface area contributed by atoms with Crippen LogP contribution in [-0.4, -0.2) is 22.6 Å². The fraction of sp³-hybridized carbons (Fsp3) is 0.273. The standard InChI is InChI=1S/C11H13N3OS2/c1-8-4-2-3-5-9(8)15-6-7-16-11-14-13-10(12)17-11/h2-5H,6-7H2,1H3,(H2,12,13). The van der Waals surface area contributed by atoms with Gasteiger partial charge in [0.1, 0.15) is 5.75 Å². The summed E-state index contributed by atoms with van der Waals surface area (Å²) in [4.78, 5) is 0. The van der Waals surface area contributed by atoms with E-state index in [9.17, 15) is 0 Å². The Hall–Kier alpha value is -1.27. The van der Waals surface area contributed by atoms with Crippen LogP contribution in [0.25, 0.3) is 0 Å². The minimum atomic E-state index is 0.507. The van der Waals surface area contributed by atoms with Crippen molar-refractivity contribution in [2.75, 3.05) is 18.1 Å². The van der Waals surface area contributed by atoms with Crippen LogP contribution in [0.2, 0.25) is 0 Å². The number of aromatic nitrogens is 2. The van der Waals surface area contributed by atoms with E-state index in [2.05, 4.69) is 10.2 Å². The molecule has 17 heavy (non-hydrogen) atoms. The highest BCUT2D eigenvalue weighted by atomic mass is 32.2. The van der Waals surface area contributed by atoms with Gasteiger partial charge >= 0.3 is 0 Å². The van der Waals surface area contributed by atoms with E-state index in [0.29, 0.717) is 11.7 Å². The highest BCUT2D eigenvalue weighted by Crippen LogP contribution is 2.23.